The summed E-state index contributed by atoms with van der Waals surface area (Å²) in [5.41, 5.74) is 2.75. The van der Waals surface area contributed by atoms with Crippen molar-refractivity contribution in [3.63, 3.8) is 0 Å². The highest BCUT2D eigenvalue weighted by Gasteiger charge is 2.52. The van der Waals surface area contributed by atoms with Gasteiger partial charge in [-0.3, -0.25) is 14.5 Å². The van der Waals surface area contributed by atoms with Gasteiger partial charge >= 0.3 is 6.03 Å². The Hall–Kier alpha value is -2.37. The molecule has 6 nitrogen and oxygen atoms in total. The Morgan fingerprint density at radius 3 is 2.67 bits per heavy atom. The highest BCUT2D eigenvalue weighted by atomic mass is 16.2. The maximum absolute atomic E-state index is 12.6. The molecule has 1 spiro atoms. The fourth-order valence-electron chi connectivity index (χ4n) is 4.21. The number of imide groups is 1. The summed E-state index contributed by atoms with van der Waals surface area (Å²) in [6.07, 6.45) is 4.15. The molecule has 4 amide bonds. The van der Waals surface area contributed by atoms with Crippen molar-refractivity contribution in [1.29, 1.82) is 0 Å². The molecule has 1 heterocycles. The Balaban J connectivity index is 1.49. The SMILES string of the molecule is Cc1ccc(C)c([C@H](C)NC(=O)CCCN2C(=O)NC3(CCCC3)C2=O)c1. The number of amides is 4. The minimum absolute atomic E-state index is 0.0639. The molecule has 1 saturated heterocycles. The van der Waals surface area contributed by atoms with Crippen LogP contribution in [-0.2, 0) is 9.59 Å². The van der Waals surface area contributed by atoms with Gasteiger partial charge in [-0.1, -0.05) is 36.6 Å². The minimum Gasteiger partial charge on any atom is -0.350 e. The first kappa shape index (κ1) is 19.4. The van der Waals surface area contributed by atoms with E-state index in [1.807, 2.05) is 20.8 Å². The highest BCUT2D eigenvalue weighted by Crippen LogP contribution is 2.35. The molecular weight excluding hydrogens is 342 g/mol. The van der Waals surface area contributed by atoms with E-state index >= 15 is 0 Å². The molecule has 6 heteroatoms. The summed E-state index contributed by atoms with van der Waals surface area (Å²) in [4.78, 5) is 38.3. The van der Waals surface area contributed by atoms with Gasteiger partial charge in [-0.15, -0.1) is 0 Å². The number of urea groups is 1. The van der Waals surface area contributed by atoms with Crippen molar-refractivity contribution in [3.8, 4) is 0 Å². The molecule has 1 aromatic rings. The van der Waals surface area contributed by atoms with Crippen LogP contribution in [0.5, 0.6) is 0 Å². The summed E-state index contributed by atoms with van der Waals surface area (Å²) in [6.45, 7) is 6.33. The zero-order chi connectivity index (χ0) is 19.6. The second kappa shape index (κ2) is 7.71. The van der Waals surface area contributed by atoms with Crippen molar-refractivity contribution in [2.45, 2.75) is 70.9 Å². The lowest BCUT2D eigenvalue weighted by Gasteiger charge is -2.20. The Labute approximate surface area is 160 Å². The van der Waals surface area contributed by atoms with E-state index in [9.17, 15) is 14.4 Å². The average molecular weight is 371 g/mol. The van der Waals surface area contributed by atoms with Crippen molar-refractivity contribution in [1.82, 2.24) is 15.5 Å². The van der Waals surface area contributed by atoms with E-state index in [4.69, 9.17) is 0 Å². The molecule has 146 valence electrons. The summed E-state index contributed by atoms with van der Waals surface area (Å²) < 4.78 is 0. The van der Waals surface area contributed by atoms with Gasteiger partial charge in [-0.25, -0.2) is 4.79 Å². The van der Waals surface area contributed by atoms with Gasteiger partial charge in [0.25, 0.3) is 5.91 Å². The summed E-state index contributed by atoms with van der Waals surface area (Å²) in [7, 11) is 0. The molecule has 1 atom stereocenters. The van der Waals surface area contributed by atoms with Crippen molar-refractivity contribution in [3.05, 3.63) is 34.9 Å². The number of carbonyl (C=O) groups excluding carboxylic acids is 3. The van der Waals surface area contributed by atoms with Crippen LogP contribution in [0.2, 0.25) is 0 Å². The van der Waals surface area contributed by atoms with Crippen LogP contribution in [-0.4, -0.2) is 34.8 Å². The van der Waals surface area contributed by atoms with E-state index in [0.717, 1.165) is 42.4 Å². The monoisotopic (exact) mass is 371 g/mol. The molecule has 1 aliphatic carbocycles. The maximum Gasteiger partial charge on any atom is 0.325 e. The second-order valence-corrected chi connectivity index (χ2v) is 7.93. The number of benzene rings is 1. The number of carbonyl (C=O) groups is 3. The van der Waals surface area contributed by atoms with E-state index in [1.165, 1.54) is 4.90 Å². The van der Waals surface area contributed by atoms with E-state index in [1.54, 1.807) is 0 Å². The van der Waals surface area contributed by atoms with E-state index < -0.39 is 5.54 Å². The molecule has 1 saturated carbocycles. The van der Waals surface area contributed by atoms with Gasteiger partial charge in [0.05, 0.1) is 6.04 Å². The van der Waals surface area contributed by atoms with Crippen molar-refractivity contribution in [2.24, 2.45) is 0 Å². The predicted molar refractivity (Wildman–Crippen MR) is 103 cm³/mol. The van der Waals surface area contributed by atoms with Crippen LogP contribution in [0.4, 0.5) is 4.79 Å². The molecule has 0 unspecified atom stereocenters. The zero-order valence-electron chi connectivity index (χ0n) is 16.4. The molecule has 0 radical (unpaired) electrons. The standard InChI is InChI=1S/C21H29N3O3/c1-14-8-9-15(2)17(13-14)16(3)22-18(25)7-6-12-24-19(26)21(23-20(24)27)10-4-5-11-21/h8-9,13,16H,4-7,10-12H2,1-3H3,(H,22,25)(H,23,27)/t16-/m0/s1. The largest absolute Gasteiger partial charge is 0.350 e. The molecule has 27 heavy (non-hydrogen) atoms. The van der Waals surface area contributed by atoms with Crippen LogP contribution in [0, 0.1) is 13.8 Å². The number of hydrogen-bond acceptors (Lipinski definition) is 3. The molecule has 1 aromatic carbocycles. The molecule has 0 aromatic heterocycles. The molecule has 0 bridgehead atoms. The number of nitrogens with zero attached hydrogens (tertiary/aromatic N) is 1. The Kier molecular flexibility index (Phi) is 5.53. The quantitative estimate of drug-likeness (QED) is 0.754. The average Bonchev–Trinajstić information content (AvgIpc) is 3.17. The normalized spacial score (nSPS) is 19.4. The fourth-order valence-corrected chi connectivity index (χ4v) is 4.21. The molecular formula is C21H29N3O3. The first-order chi connectivity index (χ1) is 12.8. The van der Waals surface area contributed by atoms with Crippen LogP contribution in [0.3, 0.4) is 0 Å². The van der Waals surface area contributed by atoms with Gasteiger partial charge in [0.1, 0.15) is 5.54 Å². The topological polar surface area (TPSA) is 78.5 Å². The Bertz CT molecular complexity index is 753. The zero-order valence-corrected chi connectivity index (χ0v) is 16.4. The van der Waals surface area contributed by atoms with Gasteiger partial charge in [0.15, 0.2) is 0 Å². The molecule has 2 aliphatic rings. The lowest BCUT2D eigenvalue weighted by molar-refractivity contribution is -0.131. The van der Waals surface area contributed by atoms with Gasteiger partial charge in [-0.2, -0.15) is 0 Å². The fraction of sp³-hybridized carbons (Fsp3) is 0.571. The first-order valence-electron chi connectivity index (χ1n) is 9.83. The van der Waals surface area contributed by atoms with Gasteiger partial charge in [0, 0.05) is 13.0 Å². The third-order valence-electron chi connectivity index (χ3n) is 5.77. The maximum atomic E-state index is 12.6. The van der Waals surface area contributed by atoms with Crippen LogP contribution in [0.1, 0.15) is 68.2 Å². The third-order valence-corrected chi connectivity index (χ3v) is 5.77. The number of rotatable bonds is 6. The van der Waals surface area contributed by atoms with Crippen LogP contribution in [0.15, 0.2) is 18.2 Å². The smallest absolute Gasteiger partial charge is 0.325 e. The van der Waals surface area contributed by atoms with Gasteiger partial charge < -0.3 is 10.6 Å². The Morgan fingerprint density at radius 1 is 1.26 bits per heavy atom. The van der Waals surface area contributed by atoms with Crippen LogP contribution in [0.25, 0.3) is 0 Å². The van der Waals surface area contributed by atoms with E-state index in [0.29, 0.717) is 12.8 Å². The predicted octanol–water partition coefficient (Wildman–Crippen LogP) is 3.13. The number of aryl methyl sites for hydroxylation is 2. The number of nitrogens with one attached hydrogen (secondary N) is 2. The highest BCUT2D eigenvalue weighted by molar-refractivity contribution is 6.07. The first-order valence-corrected chi connectivity index (χ1v) is 9.83. The lowest BCUT2D eigenvalue weighted by atomic mass is 9.98. The lowest BCUT2D eigenvalue weighted by Crippen LogP contribution is -2.44. The second-order valence-electron chi connectivity index (χ2n) is 7.93. The van der Waals surface area contributed by atoms with E-state index in [2.05, 4.69) is 28.8 Å². The van der Waals surface area contributed by atoms with Crippen molar-refractivity contribution >= 4 is 17.8 Å². The summed E-state index contributed by atoms with van der Waals surface area (Å²) in [6, 6.07) is 5.82. The number of hydrogen-bond donors (Lipinski definition) is 2. The van der Waals surface area contributed by atoms with E-state index in [-0.39, 0.29) is 30.4 Å². The molecule has 3 rings (SSSR count). The van der Waals surface area contributed by atoms with Gasteiger partial charge in [0.2, 0.25) is 5.91 Å². The van der Waals surface area contributed by atoms with Crippen molar-refractivity contribution in [2.75, 3.05) is 6.54 Å². The summed E-state index contributed by atoms with van der Waals surface area (Å²) in [5, 5.41) is 5.89. The van der Waals surface area contributed by atoms with Crippen LogP contribution >= 0.6 is 0 Å². The van der Waals surface area contributed by atoms with Crippen LogP contribution < -0.4 is 10.6 Å². The van der Waals surface area contributed by atoms with Crippen molar-refractivity contribution < 1.29 is 14.4 Å². The van der Waals surface area contributed by atoms with Gasteiger partial charge in [-0.05, 0) is 51.2 Å². The Morgan fingerprint density at radius 2 is 1.96 bits per heavy atom. The third kappa shape index (κ3) is 3.99. The summed E-state index contributed by atoms with van der Waals surface area (Å²) in [5.74, 6) is -0.180. The molecule has 2 N–H and O–H groups in total. The molecule has 2 fully saturated rings. The molecule has 1 aliphatic heterocycles. The summed E-state index contributed by atoms with van der Waals surface area (Å²) >= 11 is 0. The minimum atomic E-state index is -0.670.